The van der Waals surface area contributed by atoms with Crippen molar-refractivity contribution in [1.29, 1.82) is 0 Å². The number of hydrogen-bond donors (Lipinski definition) is 1. The molecule has 1 aliphatic rings. The third-order valence-electron chi connectivity index (χ3n) is 5.15. The maximum absolute atomic E-state index is 12.8. The van der Waals surface area contributed by atoms with Crippen molar-refractivity contribution in [2.45, 2.75) is 13.3 Å². The number of nitrogens with zero attached hydrogens (tertiary/aromatic N) is 4. The normalized spacial score (nSPS) is 13.8. The second kappa shape index (κ2) is 9.90. The fourth-order valence-corrected chi connectivity index (χ4v) is 4.30. The van der Waals surface area contributed by atoms with Crippen molar-refractivity contribution in [3.63, 3.8) is 0 Å². The maximum atomic E-state index is 12.8. The molecule has 0 aliphatic carbocycles. The molecule has 0 radical (unpaired) electrons. The molecule has 9 nitrogen and oxygen atoms in total. The Kier molecular flexibility index (Phi) is 6.79. The highest BCUT2D eigenvalue weighted by Gasteiger charge is 2.26. The minimum absolute atomic E-state index is 0.134. The molecule has 1 aromatic carbocycles. The lowest BCUT2D eigenvalue weighted by atomic mass is 10.2. The fraction of sp³-hybridized carbons (Fsp3) is 0.364. The lowest BCUT2D eigenvalue weighted by Gasteiger charge is -2.26. The summed E-state index contributed by atoms with van der Waals surface area (Å²) in [5.74, 6) is 3.02. The molecule has 3 aromatic rings. The van der Waals surface area contributed by atoms with Crippen molar-refractivity contribution in [1.82, 2.24) is 25.0 Å². The van der Waals surface area contributed by atoms with Gasteiger partial charge in [0.1, 0.15) is 11.3 Å². The van der Waals surface area contributed by atoms with E-state index >= 15 is 0 Å². The van der Waals surface area contributed by atoms with E-state index in [2.05, 4.69) is 15.4 Å². The number of carbonyl (C=O) groups is 2. The second-order valence-electron chi connectivity index (χ2n) is 7.35. The Bertz CT molecular complexity index is 1090. The first-order valence-corrected chi connectivity index (χ1v) is 11.5. The topological polar surface area (TPSA) is 102 Å². The van der Waals surface area contributed by atoms with Gasteiger partial charge in [0, 0.05) is 50.2 Å². The number of hydrogen-bond acceptors (Lipinski definition) is 7. The van der Waals surface area contributed by atoms with Crippen molar-refractivity contribution < 1.29 is 18.7 Å². The quantitative estimate of drug-likeness (QED) is 0.610. The van der Waals surface area contributed by atoms with Crippen LogP contribution in [0.5, 0.6) is 5.88 Å². The Hall–Kier alpha value is -3.27. The van der Waals surface area contributed by atoms with Gasteiger partial charge in [0.2, 0.25) is 11.8 Å². The van der Waals surface area contributed by atoms with Gasteiger partial charge >= 0.3 is 6.09 Å². The lowest BCUT2D eigenvalue weighted by molar-refractivity contribution is 0.0769. The number of thioether (sulfide) groups is 1. The summed E-state index contributed by atoms with van der Waals surface area (Å²) in [6.07, 6.45) is 1.28. The molecule has 4 rings (SSSR count). The van der Waals surface area contributed by atoms with Gasteiger partial charge in [-0.1, -0.05) is 18.2 Å². The monoisotopic (exact) mass is 455 g/mol. The van der Waals surface area contributed by atoms with E-state index in [1.165, 1.54) is 10.9 Å². The third-order valence-corrected chi connectivity index (χ3v) is 6.09. The molecule has 10 heteroatoms. The first-order chi connectivity index (χ1) is 15.5. The largest absolute Gasteiger partial charge is 0.441 e. The Morgan fingerprint density at radius 2 is 1.97 bits per heavy atom. The summed E-state index contributed by atoms with van der Waals surface area (Å²) in [4.78, 5) is 31.5. The van der Waals surface area contributed by atoms with Crippen LogP contribution in [-0.4, -0.2) is 62.8 Å². The molecule has 0 unspecified atom stereocenters. The summed E-state index contributed by atoms with van der Waals surface area (Å²) in [5, 5.41) is 6.80. The molecule has 1 fully saturated rings. The molecule has 32 heavy (non-hydrogen) atoms. The SMILES string of the molecule is Cc1oc(-c2ccccc2)nc1CCNC(=O)Oc1c(C(=O)N2CCSCC2)cnn1C. The maximum Gasteiger partial charge on any atom is 0.413 e. The Labute approximate surface area is 190 Å². The lowest BCUT2D eigenvalue weighted by Crippen LogP contribution is -2.38. The number of oxazole rings is 1. The molecule has 3 heterocycles. The van der Waals surface area contributed by atoms with Gasteiger partial charge in [-0.05, 0) is 19.1 Å². The average Bonchev–Trinajstić information content (AvgIpc) is 3.37. The van der Waals surface area contributed by atoms with Crippen molar-refractivity contribution in [2.24, 2.45) is 7.05 Å². The number of amides is 2. The summed E-state index contributed by atoms with van der Waals surface area (Å²) >= 11 is 1.82. The van der Waals surface area contributed by atoms with E-state index in [1.807, 2.05) is 49.0 Å². The number of benzene rings is 1. The molecule has 1 aliphatic heterocycles. The van der Waals surface area contributed by atoms with Gasteiger partial charge < -0.3 is 19.4 Å². The molecule has 0 spiro atoms. The molecule has 2 aromatic heterocycles. The first kappa shape index (κ1) is 21.9. The van der Waals surface area contributed by atoms with Gasteiger partial charge in [-0.15, -0.1) is 0 Å². The predicted molar refractivity (Wildman–Crippen MR) is 121 cm³/mol. The number of rotatable bonds is 6. The van der Waals surface area contributed by atoms with Crippen LogP contribution in [0.25, 0.3) is 11.5 Å². The van der Waals surface area contributed by atoms with Crippen LogP contribution in [0.3, 0.4) is 0 Å². The molecule has 1 N–H and O–H groups in total. The van der Waals surface area contributed by atoms with E-state index in [0.717, 1.165) is 22.8 Å². The molecular formula is C22H25N5O4S. The van der Waals surface area contributed by atoms with Crippen molar-refractivity contribution in [3.8, 4) is 17.3 Å². The summed E-state index contributed by atoms with van der Waals surface area (Å²) in [6, 6.07) is 9.64. The van der Waals surface area contributed by atoms with Crippen LogP contribution in [0.2, 0.25) is 0 Å². The third kappa shape index (κ3) is 4.96. The summed E-state index contributed by atoms with van der Waals surface area (Å²) < 4.78 is 12.6. The van der Waals surface area contributed by atoms with E-state index in [9.17, 15) is 9.59 Å². The van der Waals surface area contributed by atoms with E-state index in [1.54, 1.807) is 11.9 Å². The van der Waals surface area contributed by atoms with Gasteiger partial charge in [0.15, 0.2) is 0 Å². The fourth-order valence-electron chi connectivity index (χ4n) is 3.40. The zero-order valence-corrected chi connectivity index (χ0v) is 18.9. The van der Waals surface area contributed by atoms with E-state index in [-0.39, 0.29) is 17.4 Å². The smallest absolute Gasteiger partial charge is 0.413 e. The standard InChI is InChI=1S/C22H25N5O4S/c1-15-18(25-19(30-15)16-6-4-3-5-7-16)8-9-23-22(29)31-21-17(14-24-26(21)2)20(28)27-10-12-32-13-11-27/h3-7,14H,8-13H2,1-2H3,(H,23,29). The van der Waals surface area contributed by atoms with Crippen molar-refractivity contribution >= 4 is 23.8 Å². The highest BCUT2D eigenvalue weighted by atomic mass is 32.2. The van der Waals surface area contributed by atoms with Crippen LogP contribution in [-0.2, 0) is 13.5 Å². The van der Waals surface area contributed by atoms with E-state index < -0.39 is 6.09 Å². The van der Waals surface area contributed by atoms with Crippen molar-refractivity contribution in [2.75, 3.05) is 31.1 Å². The molecule has 0 saturated carbocycles. The van der Waals surface area contributed by atoms with Gasteiger partial charge in [0.25, 0.3) is 5.91 Å². The number of nitrogens with one attached hydrogen (secondary N) is 1. The molecule has 168 valence electrons. The van der Waals surface area contributed by atoms with Gasteiger partial charge in [-0.25, -0.2) is 14.5 Å². The molecule has 2 amide bonds. The van der Waals surface area contributed by atoms with Crippen LogP contribution >= 0.6 is 11.8 Å². The minimum Gasteiger partial charge on any atom is -0.441 e. The summed E-state index contributed by atoms with van der Waals surface area (Å²) in [7, 11) is 1.63. The number of aromatic nitrogens is 3. The Morgan fingerprint density at radius 1 is 1.22 bits per heavy atom. The number of carbonyl (C=O) groups excluding carboxylic acids is 2. The van der Waals surface area contributed by atoms with Crippen LogP contribution in [0.15, 0.2) is 40.9 Å². The van der Waals surface area contributed by atoms with Crippen LogP contribution in [0, 0.1) is 6.92 Å². The van der Waals surface area contributed by atoms with Gasteiger partial charge in [-0.2, -0.15) is 16.9 Å². The summed E-state index contributed by atoms with van der Waals surface area (Å²) in [6.45, 7) is 3.50. The number of ether oxygens (including phenoxy) is 1. The van der Waals surface area contributed by atoms with Crippen LogP contribution in [0.4, 0.5) is 4.79 Å². The molecule has 1 saturated heterocycles. The van der Waals surface area contributed by atoms with Crippen LogP contribution < -0.4 is 10.1 Å². The first-order valence-electron chi connectivity index (χ1n) is 10.4. The molecular weight excluding hydrogens is 430 g/mol. The van der Waals surface area contributed by atoms with Gasteiger partial charge in [0.05, 0.1) is 11.9 Å². The predicted octanol–water partition coefficient (Wildman–Crippen LogP) is 2.90. The molecule has 0 bridgehead atoms. The van der Waals surface area contributed by atoms with Crippen LogP contribution in [0.1, 0.15) is 21.8 Å². The average molecular weight is 456 g/mol. The number of aryl methyl sites for hydroxylation is 2. The summed E-state index contributed by atoms with van der Waals surface area (Å²) in [5.41, 5.74) is 1.95. The van der Waals surface area contributed by atoms with Crippen molar-refractivity contribution in [3.05, 3.63) is 53.5 Å². The van der Waals surface area contributed by atoms with E-state index in [4.69, 9.17) is 9.15 Å². The zero-order chi connectivity index (χ0) is 22.5. The van der Waals surface area contributed by atoms with E-state index in [0.29, 0.717) is 37.7 Å². The van der Waals surface area contributed by atoms with Gasteiger partial charge in [-0.3, -0.25) is 4.79 Å². The highest BCUT2D eigenvalue weighted by Crippen LogP contribution is 2.22. The molecule has 0 atom stereocenters. The highest BCUT2D eigenvalue weighted by molar-refractivity contribution is 7.99. The Balaban J connectivity index is 1.34. The zero-order valence-electron chi connectivity index (χ0n) is 18.0. The Morgan fingerprint density at radius 3 is 2.72 bits per heavy atom. The minimum atomic E-state index is -0.652. The second-order valence-corrected chi connectivity index (χ2v) is 8.57.